The maximum Gasteiger partial charge on any atom is 0.222 e. The van der Waals surface area contributed by atoms with E-state index in [1.54, 1.807) is 0 Å². The second kappa shape index (κ2) is 8.90. The van der Waals surface area contributed by atoms with Crippen LogP contribution in [-0.2, 0) is 11.2 Å². The minimum Gasteiger partial charge on any atom is -0.353 e. The van der Waals surface area contributed by atoms with Gasteiger partial charge < -0.3 is 14.4 Å². The Kier molecular flexibility index (Phi) is 5.89. The lowest BCUT2D eigenvalue weighted by atomic mass is 10.1. The zero-order valence-corrected chi connectivity index (χ0v) is 16.9. The number of hydrogen-bond acceptors (Lipinski definition) is 4. The number of amides is 1. The summed E-state index contributed by atoms with van der Waals surface area (Å²) in [5.41, 5.74) is 1.29. The van der Waals surface area contributed by atoms with Gasteiger partial charge in [-0.1, -0.05) is 30.3 Å². The summed E-state index contributed by atoms with van der Waals surface area (Å²) in [5.74, 6) is 2.81. The van der Waals surface area contributed by atoms with Gasteiger partial charge in [-0.15, -0.1) is 0 Å². The van der Waals surface area contributed by atoms with Gasteiger partial charge >= 0.3 is 0 Å². The first kappa shape index (κ1) is 19.2. The number of hydrogen-bond donors (Lipinski definition) is 0. The molecule has 0 N–H and O–H groups in total. The fraction of sp³-hybridized carbons (Fsp3) is 0.348. The fourth-order valence-electron chi connectivity index (χ4n) is 3.75. The van der Waals surface area contributed by atoms with E-state index in [1.165, 1.54) is 5.56 Å². The molecule has 1 aliphatic rings. The summed E-state index contributed by atoms with van der Waals surface area (Å²) >= 11 is 0. The van der Waals surface area contributed by atoms with E-state index < -0.39 is 0 Å². The molecule has 3 heterocycles. The number of piperazine rings is 1. The molecule has 0 aliphatic carbocycles. The smallest absolute Gasteiger partial charge is 0.222 e. The zero-order valence-electron chi connectivity index (χ0n) is 16.9. The molecule has 1 aromatic carbocycles. The van der Waals surface area contributed by atoms with Crippen LogP contribution in [0, 0.1) is 6.92 Å². The molecule has 1 aliphatic heterocycles. The van der Waals surface area contributed by atoms with E-state index >= 15 is 0 Å². The first-order chi connectivity index (χ1) is 14.2. The molecule has 0 radical (unpaired) electrons. The minimum absolute atomic E-state index is 0.257. The molecule has 1 fully saturated rings. The van der Waals surface area contributed by atoms with E-state index in [0.29, 0.717) is 6.42 Å². The number of rotatable bonds is 6. The average molecular weight is 390 g/mol. The van der Waals surface area contributed by atoms with Gasteiger partial charge in [-0.2, -0.15) is 0 Å². The molecule has 6 nitrogen and oxygen atoms in total. The molecular formula is C23H27N5O. The van der Waals surface area contributed by atoms with Gasteiger partial charge in [0.25, 0.3) is 0 Å². The van der Waals surface area contributed by atoms with Crippen molar-refractivity contribution >= 4 is 11.7 Å². The molecular weight excluding hydrogens is 362 g/mol. The Labute approximate surface area is 171 Å². The predicted molar refractivity (Wildman–Crippen MR) is 114 cm³/mol. The molecule has 0 spiro atoms. The highest BCUT2D eigenvalue weighted by atomic mass is 16.2. The molecule has 6 heteroatoms. The molecule has 1 amide bonds. The van der Waals surface area contributed by atoms with Crippen LogP contribution >= 0.6 is 0 Å². The summed E-state index contributed by atoms with van der Waals surface area (Å²) in [6.45, 7) is 5.00. The quantitative estimate of drug-likeness (QED) is 0.649. The number of nitrogens with zero attached hydrogens (tertiary/aromatic N) is 5. The van der Waals surface area contributed by atoms with Crippen molar-refractivity contribution in [3.8, 4) is 5.82 Å². The van der Waals surface area contributed by atoms with Crippen molar-refractivity contribution in [2.24, 2.45) is 0 Å². The van der Waals surface area contributed by atoms with Gasteiger partial charge in [0.2, 0.25) is 5.91 Å². The van der Waals surface area contributed by atoms with Gasteiger partial charge in [0, 0.05) is 51.1 Å². The zero-order chi connectivity index (χ0) is 20.1. The number of aromatic nitrogens is 3. The Morgan fingerprint density at radius 1 is 0.931 bits per heavy atom. The van der Waals surface area contributed by atoms with Crippen LogP contribution in [0.15, 0.2) is 60.9 Å². The van der Waals surface area contributed by atoms with Crippen LogP contribution < -0.4 is 4.90 Å². The van der Waals surface area contributed by atoms with E-state index in [1.807, 2.05) is 65.2 Å². The lowest BCUT2D eigenvalue weighted by molar-refractivity contribution is -0.131. The molecule has 29 heavy (non-hydrogen) atoms. The summed E-state index contributed by atoms with van der Waals surface area (Å²) in [6, 6.07) is 16.3. The van der Waals surface area contributed by atoms with Crippen LogP contribution in [0.25, 0.3) is 5.82 Å². The molecule has 3 aromatic rings. The third-order valence-corrected chi connectivity index (χ3v) is 5.34. The van der Waals surface area contributed by atoms with Crippen LogP contribution in [0.3, 0.4) is 0 Å². The molecule has 1 saturated heterocycles. The van der Waals surface area contributed by atoms with Crippen LogP contribution in [0.2, 0.25) is 0 Å². The molecule has 2 aromatic heterocycles. The highest BCUT2D eigenvalue weighted by Crippen LogP contribution is 2.18. The second-order valence-electron chi connectivity index (χ2n) is 7.43. The van der Waals surface area contributed by atoms with Gasteiger partial charge in [-0.05, 0) is 37.5 Å². The largest absolute Gasteiger partial charge is 0.353 e. The highest BCUT2D eigenvalue weighted by Gasteiger charge is 2.22. The Bertz CT molecular complexity index is 931. The number of anilines is 1. The van der Waals surface area contributed by atoms with E-state index in [-0.39, 0.29) is 5.91 Å². The van der Waals surface area contributed by atoms with Crippen molar-refractivity contribution in [2.45, 2.75) is 26.2 Å². The standard InChI is InChI=1S/C23H27N5O/c1-19-24-21(26-12-5-6-13-26)18-22(25-19)27-14-16-28(17-15-27)23(29)11-7-10-20-8-3-2-4-9-20/h2-6,8-9,12-13,18H,7,10-11,14-17H2,1H3. The average Bonchev–Trinajstić information content (AvgIpc) is 3.29. The third-order valence-electron chi connectivity index (χ3n) is 5.34. The number of carbonyl (C=O) groups is 1. The second-order valence-corrected chi connectivity index (χ2v) is 7.43. The van der Waals surface area contributed by atoms with Crippen LogP contribution in [0.5, 0.6) is 0 Å². The fourth-order valence-corrected chi connectivity index (χ4v) is 3.75. The Morgan fingerprint density at radius 3 is 2.34 bits per heavy atom. The van der Waals surface area contributed by atoms with Crippen LogP contribution in [0.4, 0.5) is 5.82 Å². The predicted octanol–water partition coefficient (Wildman–Crippen LogP) is 3.25. The Morgan fingerprint density at radius 2 is 1.62 bits per heavy atom. The summed E-state index contributed by atoms with van der Waals surface area (Å²) in [5, 5.41) is 0. The lowest BCUT2D eigenvalue weighted by Crippen LogP contribution is -2.49. The van der Waals surface area contributed by atoms with Gasteiger partial charge in [-0.3, -0.25) is 4.79 Å². The van der Waals surface area contributed by atoms with E-state index in [4.69, 9.17) is 0 Å². The SMILES string of the molecule is Cc1nc(N2CCN(C(=O)CCCc3ccccc3)CC2)cc(-n2cccc2)n1. The van der Waals surface area contributed by atoms with Crippen molar-refractivity contribution in [3.05, 3.63) is 72.3 Å². The monoisotopic (exact) mass is 389 g/mol. The first-order valence-electron chi connectivity index (χ1n) is 10.2. The maximum absolute atomic E-state index is 12.6. The summed E-state index contributed by atoms with van der Waals surface area (Å²) in [6.07, 6.45) is 6.43. The molecule has 150 valence electrons. The van der Waals surface area contributed by atoms with Crippen LogP contribution in [-0.4, -0.2) is 51.5 Å². The lowest BCUT2D eigenvalue weighted by Gasteiger charge is -2.35. The normalized spacial score (nSPS) is 14.2. The molecule has 0 atom stereocenters. The first-order valence-corrected chi connectivity index (χ1v) is 10.2. The van der Waals surface area contributed by atoms with Gasteiger partial charge in [-0.25, -0.2) is 9.97 Å². The van der Waals surface area contributed by atoms with Crippen molar-refractivity contribution in [1.82, 2.24) is 19.4 Å². The number of carbonyl (C=O) groups excluding carboxylic acids is 1. The minimum atomic E-state index is 0.257. The van der Waals surface area contributed by atoms with Crippen molar-refractivity contribution < 1.29 is 4.79 Å². The van der Waals surface area contributed by atoms with Crippen molar-refractivity contribution in [1.29, 1.82) is 0 Å². The third kappa shape index (κ3) is 4.83. The number of benzene rings is 1. The number of aryl methyl sites for hydroxylation is 2. The summed E-state index contributed by atoms with van der Waals surface area (Å²) < 4.78 is 1.99. The van der Waals surface area contributed by atoms with E-state index in [0.717, 1.165) is 56.5 Å². The van der Waals surface area contributed by atoms with E-state index in [2.05, 4.69) is 27.0 Å². The topological polar surface area (TPSA) is 54.3 Å². The van der Waals surface area contributed by atoms with Crippen molar-refractivity contribution in [3.63, 3.8) is 0 Å². The Hall–Kier alpha value is -3.15. The Balaban J connectivity index is 1.31. The summed E-state index contributed by atoms with van der Waals surface area (Å²) in [7, 11) is 0. The van der Waals surface area contributed by atoms with Gasteiger partial charge in [0.1, 0.15) is 17.5 Å². The maximum atomic E-state index is 12.6. The van der Waals surface area contributed by atoms with Gasteiger partial charge in [0.05, 0.1) is 0 Å². The highest BCUT2D eigenvalue weighted by molar-refractivity contribution is 5.76. The summed E-state index contributed by atoms with van der Waals surface area (Å²) in [4.78, 5) is 26.0. The van der Waals surface area contributed by atoms with Gasteiger partial charge in [0.15, 0.2) is 0 Å². The molecule has 4 rings (SSSR count). The molecule has 0 unspecified atom stereocenters. The molecule has 0 bridgehead atoms. The molecule has 0 saturated carbocycles. The van der Waals surface area contributed by atoms with Crippen molar-refractivity contribution in [2.75, 3.05) is 31.1 Å². The van der Waals surface area contributed by atoms with E-state index in [9.17, 15) is 4.79 Å². The van der Waals surface area contributed by atoms with Crippen LogP contribution in [0.1, 0.15) is 24.2 Å².